The quantitative estimate of drug-likeness (QED) is 0.863. The smallest absolute Gasteiger partial charge is 0.225 e. The first-order chi connectivity index (χ1) is 11.7. The van der Waals surface area contributed by atoms with Gasteiger partial charge >= 0.3 is 0 Å². The van der Waals surface area contributed by atoms with Crippen LogP contribution in [0.15, 0.2) is 36.5 Å². The zero-order valence-corrected chi connectivity index (χ0v) is 14.3. The number of aryl methyl sites for hydroxylation is 1. The van der Waals surface area contributed by atoms with Crippen molar-refractivity contribution in [2.75, 3.05) is 13.1 Å². The molecule has 1 aromatic carbocycles. The second kappa shape index (κ2) is 6.42. The van der Waals surface area contributed by atoms with E-state index in [0.717, 1.165) is 50.3 Å². The minimum absolute atomic E-state index is 0.318. The van der Waals surface area contributed by atoms with Crippen molar-refractivity contribution >= 4 is 5.91 Å². The first-order valence-corrected chi connectivity index (χ1v) is 9.08. The molecule has 1 unspecified atom stereocenters. The second-order valence-corrected chi connectivity index (χ2v) is 7.27. The highest BCUT2D eigenvalue weighted by Gasteiger charge is 2.34. The van der Waals surface area contributed by atoms with Crippen molar-refractivity contribution in [3.8, 4) is 11.4 Å². The Kier molecular flexibility index (Phi) is 4.13. The maximum Gasteiger partial charge on any atom is 0.225 e. The van der Waals surface area contributed by atoms with E-state index >= 15 is 0 Å². The third-order valence-electron chi connectivity index (χ3n) is 5.58. The van der Waals surface area contributed by atoms with Gasteiger partial charge in [-0.2, -0.15) is 0 Å². The summed E-state index contributed by atoms with van der Waals surface area (Å²) in [4.78, 5) is 19.2. The highest BCUT2D eigenvalue weighted by atomic mass is 16.2. The van der Waals surface area contributed by atoms with Gasteiger partial charge in [0.2, 0.25) is 5.91 Å². The van der Waals surface area contributed by atoms with Crippen molar-refractivity contribution in [1.29, 1.82) is 0 Å². The molecule has 2 heterocycles. The van der Waals surface area contributed by atoms with Crippen LogP contribution in [0, 0.1) is 18.8 Å². The SMILES string of the molecule is Cc1cnc(-c2ccccc2)n1CC1CCN(C(=O)C2CCC2)C1. The van der Waals surface area contributed by atoms with E-state index in [4.69, 9.17) is 0 Å². The number of carbonyl (C=O) groups excluding carboxylic acids is 1. The van der Waals surface area contributed by atoms with Crippen molar-refractivity contribution in [3.63, 3.8) is 0 Å². The lowest BCUT2D eigenvalue weighted by Gasteiger charge is -2.29. The van der Waals surface area contributed by atoms with E-state index in [2.05, 4.69) is 45.6 Å². The lowest BCUT2D eigenvalue weighted by Crippen LogP contribution is -2.37. The molecule has 4 heteroatoms. The highest BCUT2D eigenvalue weighted by Crippen LogP contribution is 2.31. The van der Waals surface area contributed by atoms with Gasteiger partial charge in [-0.25, -0.2) is 4.98 Å². The van der Waals surface area contributed by atoms with Crippen LogP contribution in [0.2, 0.25) is 0 Å². The molecule has 24 heavy (non-hydrogen) atoms. The number of hydrogen-bond acceptors (Lipinski definition) is 2. The Morgan fingerprint density at radius 3 is 2.71 bits per heavy atom. The topological polar surface area (TPSA) is 38.1 Å². The maximum absolute atomic E-state index is 12.4. The summed E-state index contributed by atoms with van der Waals surface area (Å²) < 4.78 is 2.32. The van der Waals surface area contributed by atoms with E-state index in [-0.39, 0.29) is 0 Å². The minimum atomic E-state index is 0.318. The summed E-state index contributed by atoms with van der Waals surface area (Å²) in [7, 11) is 0. The van der Waals surface area contributed by atoms with Crippen molar-refractivity contribution in [2.24, 2.45) is 11.8 Å². The number of amides is 1. The molecule has 1 saturated heterocycles. The van der Waals surface area contributed by atoms with Crippen LogP contribution in [0.3, 0.4) is 0 Å². The molecule has 2 aromatic rings. The van der Waals surface area contributed by atoms with Gasteiger partial charge in [-0.3, -0.25) is 4.79 Å². The monoisotopic (exact) mass is 323 g/mol. The van der Waals surface area contributed by atoms with Gasteiger partial charge in [0.25, 0.3) is 0 Å². The fourth-order valence-electron chi connectivity index (χ4n) is 3.86. The summed E-state index contributed by atoms with van der Waals surface area (Å²) >= 11 is 0. The zero-order valence-electron chi connectivity index (χ0n) is 14.3. The summed E-state index contributed by atoms with van der Waals surface area (Å²) in [6.45, 7) is 4.89. The Morgan fingerprint density at radius 1 is 1.21 bits per heavy atom. The fraction of sp³-hybridized carbons (Fsp3) is 0.500. The average molecular weight is 323 g/mol. The normalized spacial score (nSPS) is 21.0. The predicted octanol–water partition coefficient (Wildman–Crippen LogP) is 3.51. The summed E-state index contributed by atoms with van der Waals surface area (Å²) in [6.07, 6.45) is 6.47. The van der Waals surface area contributed by atoms with E-state index in [0.29, 0.717) is 17.7 Å². The number of carbonyl (C=O) groups is 1. The minimum Gasteiger partial charge on any atom is -0.342 e. The molecule has 0 spiro atoms. The third-order valence-corrected chi connectivity index (χ3v) is 5.58. The molecule has 1 aliphatic carbocycles. The molecule has 0 bridgehead atoms. The summed E-state index contributed by atoms with van der Waals surface area (Å²) in [5.74, 6) is 2.29. The van der Waals surface area contributed by atoms with Crippen LogP contribution in [-0.2, 0) is 11.3 Å². The summed E-state index contributed by atoms with van der Waals surface area (Å²) in [5.41, 5.74) is 2.35. The maximum atomic E-state index is 12.4. The van der Waals surface area contributed by atoms with E-state index in [9.17, 15) is 4.79 Å². The van der Waals surface area contributed by atoms with Crippen LogP contribution in [0.4, 0.5) is 0 Å². The molecule has 2 fully saturated rings. The Labute approximate surface area is 143 Å². The average Bonchev–Trinajstić information content (AvgIpc) is 3.15. The van der Waals surface area contributed by atoms with Gasteiger partial charge in [0.15, 0.2) is 0 Å². The van der Waals surface area contributed by atoms with Crippen molar-refractivity contribution < 1.29 is 4.79 Å². The van der Waals surface area contributed by atoms with Gasteiger partial charge < -0.3 is 9.47 Å². The van der Waals surface area contributed by atoms with Crippen LogP contribution in [-0.4, -0.2) is 33.4 Å². The van der Waals surface area contributed by atoms with Crippen LogP contribution in [0.5, 0.6) is 0 Å². The van der Waals surface area contributed by atoms with Crippen molar-refractivity contribution in [1.82, 2.24) is 14.5 Å². The number of benzene rings is 1. The molecule has 4 nitrogen and oxygen atoms in total. The number of likely N-dealkylation sites (tertiary alicyclic amines) is 1. The number of hydrogen-bond donors (Lipinski definition) is 0. The van der Waals surface area contributed by atoms with Crippen LogP contribution < -0.4 is 0 Å². The second-order valence-electron chi connectivity index (χ2n) is 7.27. The molecule has 1 atom stereocenters. The lowest BCUT2D eigenvalue weighted by atomic mass is 9.84. The number of aromatic nitrogens is 2. The molecule has 0 N–H and O–H groups in total. The molecule has 1 aliphatic heterocycles. The van der Waals surface area contributed by atoms with Crippen LogP contribution in [0.25, 0.3) is 11.4 Å². The highest BCUT2D eigenvalue weighted by molar-refractivity contribution is 5.79. The number of nitrogens with zero attached hydrogens (tertiary/aromatic N) is 3. The van der Waals surface area contributed by atoms with Crippen molar-refractivity contribution in [3.05, 3.63) is 42.2 Å². The Morgan fingerprint density at radius 2 is 2.00 bits per heavy atom. The zero-order chi connectivity index (χ0) is 16.5. The molecular formula is C20H25N3O. The van der Waals surface area contributed by atoms with Crippen LogP contribution in [0.1, 0.15) is 31.4 Å². The Hall–Kier alpha value is -2.10. The molecule has 1 amide bonds. The predicted molar refractivity (Wildman–Crippen MR) is 94.4 cm³/mol. The van der Waals surface area contributed by atoms with Gasteiger partial charge in [-0.15, -0.1) is 0 Å². The first-order valence-electron chi connectivity index (χ1n) is 9.08. The first kappa shape index (κ1) is 15.4. The van der Waals surface area contributed by atoms with E-state index in [1.54, 1.807) is 0 Å². The fourth-order valence-corrected chi connectivity index (χ4v) is 3.86. The van der Waals surface area contributed by atoms with E-state index in [1.165, 1.54) is 12.1 Å². The summed E-state index contributed by atoms with van der Waals surface area (Å²) in [5, 5.41) is 0. The molecule has 4 rings (SSSR count). The molecule has 1 saturated carbocycles. The molecule has 126 valence electrons. The van der Waals surface area contributed by atoms with Gasteiger partial charge in [0.05, 0.1) is 0 Å². The number of rotatable bonds is 4. The molecule has 0 radical (unpaired) electrons. The standard InChI is InChI=1S/C20H25N3O/c1-15-12-21-19(17-6-3-2-4-7-17)23(15)14-16-10-11-22(13-16)20(24)18-8-5-9-18/h2-4,6-7,12,16,18H,5,8-11,13-14H2,1H3. The van der Waals surface area contributed by atoms with Gasteiger partial charge in [-0.05, 0) is 32.1 Å². The molecule has 2 aliphatic rings. The largest absolute Gasteiger partial charge is 0.342 e. The molecular weight excluding hydrogens is 298 g/mol. The lowest BCUT2D eigenvalue weighted by molar-refractivity contribution is -0.137. The van der Waals surface area contributed by atoms with E-state index < -0.39 is 0 Å². The van der Waals surface area contributed by atoms with E-state index in [1.807, 2.05) is 12.3 Å². The van der Waals surface area contributed by atoms with Gasteiger partial charge in [0, 0.05) is 43.0 Å². The molecule has 1 aromatic heterocycles. The Bertz CT molecular complexity index is 718. The Balaban J connectivity index is 1.46. The van der Waals surface area contributed by atoms with Gasteiger partial charge in [-0.1, -0.05) is 36.8 Å². The number of imidazole rings is 1. The van der Waals surface area contributed by atoms with Gasteiger partial charge in [0.1, 0.15) is 5.82 Å². The third kappa shape index (κ3) is 2.85. The van der Waals surface area contributed by atoms with Crippen molar-refractivity contribution in [2.45, 2.75) is 39.2 Å². The summed E-state index contributed by atoms with van der Waals surface area (Å²) in [6, 6.07) is 10.4. The van der Waals surface area contributed by atoms with Crippen LogP contribution >= 0.6 is 0 Å².